The lowest BCUT2D eigenvalue weighted by Crippen LogP contribution is -2.30. The molecule has 134 valence electrons. The smallest absolute Gasteiger partial charge is 0.255 e. The average Bonchev–Trinajstić information content (AvgIpc) is 2.58. The van der Waals surface area contributed by atoms with E-state index in [4.69, 9.17) is 0 Å². The zero-order valence-electron chi connectivity index (χ0n) is 15.0. The summed E-state index contributed by atoms with van der Waals surface area (Å²) in [4.78, 5) is 12.6. The SMILES string of the molecule is CCN(CC)S(=O)(=O)c1ccc(C(=O)Nc2ccc(C)cc2C)cc1. The summed E-state index contributed by atoms with van der Waals surface area (Å²) in [6.07, 6.45) is 0. The molecule has 0 fully saturated rings. The van der Waals surface area contributed by atoms with Crippen molar-refractivity contribution in [3.63, 3.8) is 0 Å². The molecule has 0 aromatic heterocycles. The van der Waals surface area contributed by atoms with Gasteiger partial charge in [-0.05, 0) is 49.7 Å². The topological polar surface area (TPSA) is 66.5 Å². The minimum atomic E-state index is -3.51. The maximum atomic E-state index is 12.5. The summed E-state index contributed by atoms with van der Waals surface area (Å²) in [5.41, 5.74) is 3.27. The summed E-state index contributed by atoms with van der Waals surface area (Å²) < 4.78 is 26.3. The third-order valence-electron chi connectivity index (χ3n) is 4.09. The lowest BCUT2D eigenvalue weighted by Gasteiger charge is -2.18. The third kappa shape index (κ3) is 4.27. The van der Waals surface area contributed by atoms with Crippen molar-refractivity contribution in [1.29, 1.82) is 0 Å². The molecule has 0 aliphatic carbocycles. The minimum Gasteiger partial charge on any atom is -0.322 e. The number of hydrogen-bond donors (Lipinski definition) is 1. The van der Waals surface area contributed by atoms with Crippen molar-refractivity contribution in [2.45, 2.75) is 32.6 Å². The average molecular weight is 360 g/mol. The van der Waals surface area contributed by atoms with Crippen LogP contribution in [0.15, 0.2) is 47.4 Å². The van der Waals surface area contributed by atoms with Crippen LogP contribution in [0.4, 0.5) is 5.69 Å². The normalized spacial score (nSPS) is 11.6. The van der Waals surface area contributed by atoms with Crippen molar-refractivity contribution >= 4 is 21.6 Å². The highest BCUT2D eigenvalue weighted by atomic mass is 32.2. The monoisotopic (exact) mass is 360 g/mol. The number of carbonyl (C=O) groups excluding carboxylic acids is 1. The van der Waals surface area contributed by atoms with Gasteiger partial charge in [0.05, 0.1) is 4.90 Å². The van der Waals surface area contributed by atoms with Gasteiger partial charge in [0.1, 0.15) is 0 Å². The van der Waals surface area contributed by atoms with Crippen molar-refractivity contribution in [2.24, 2.45) is 0 Å². The molecule has 1 N–H and O–H groups in total. The lowest BCUT2D eigenvalue weighted by molar-refractivity contribution is 0.102. The highest BCUT2D eigenvalue weighted by molar-refractivity contribution is 7.89. The van der Waals surface area contributed by atoms with Gasteiger partial charge in [-0.3, -0.25) is 4.79 Å². The van der Waals surface area contributed by atoms with Crippen molar-refractivity contribution in [2.75, 3.05) is 18.4 Å². The Morgan fingerprint density at radius 2 is 1.60 bits per heavy atom. The molecule has 0 spiro atoms. The molecule has 0 saturated heterocycles. The Balaban J connectivity index is 2.20. The van der Waals surface area contributed by atoms with Crippen LogP contribution in [0.5, 0.6) is 0 Å². The first-order valence-corrected chi connectivity index (χ1v) is 9.72. The number of rotatable bonds is 6. The van der Waals surface area contributed by atoms with Gasteiger partial charge in [0.2, 0.25) is 10.0 Å². The van der Waals surface area contributed by atoms with E-state index >= 15 is 0 Å². The second-order valence-electron chi connectivity index (χ2n) is 5.89. The fraction of sp³-hybridized carbons (Fsp3) is 0.316. The number of nitrogens with one attached hydrogen (secondary N) is 1. The number of amides is 1. The first-order chi connectivity index (χ1) is 11.8. The molecule has 0 aliphatic rings. The Morgan fingerprint density at radius 1 is 1.00 bits per heavy atom. The molecule has 1 amide bonds. The Hall–Kier alpha value is -2.18. The van der Waals surface area contributed by atoms with Crippen LogP contribution in [0.25, 0.3) is 0 Å². The van der Waals surface area contributed by atoms with E-state index in [1.807, 2.05) is 32.0 Å². The predicted molar refractivity (Wildman–Crippen MR) is 100 cm³/mol. The van der Waals surface area contributed by atoms with Gasteiger partial charge in [-0.15, -0.1) is 0 Å². The summed E-state index contributed by atoms with van der Waals surface area (Å²) in [6.45, 7) is 8.34. The fourth-order valence-corrected chi connectivity index (χ4v) is 4.10. The van der Waals surface area contributed by atoms with E-state index in [0.717, 1.165) is 16.8 Å². The predicted octanol–water partition coefficient (Wildman–Crippen LogP) is 3.59. The van der Waals surface area contributed by atoms with Crippen LogP contribution < -0.4 is 5.32 Å². The van der Waals surface area contributed by atoms with Gasteiger partial charge in [-0.2, -0.15) is 4.31 Å². The van der Waals surface area contributed by atoms with Crippen LogP contribution in [0.3, 0.4) is 0 Å². The number of sulfonamides is 1. The summed E-state index contributed by atoms with van der Waals surface area (Å²) in [7, 11) is -3.51. The van der Waals surface area contributed by atoms with Crippen LogP contribution in [0.1, 0.15) is 35.3 Å². The zero-order valence-corrected chi connectivity index (χ0v) is 15.9. The molecule has 0 unspecified atom stereocenters. The van der Waals surface area contributed by atoms with Crippen LogP contribution >= 0.6 is 0 Å². The van der Waals surface area contributed by atoms with E-state index in [1.165, 1.54) is 28.6 Å². The van der Waals surface area contributed by atoms with Gasteiger partial charge in [-0.25, -0.2) is 8.42 Å². The number of benzene rings is 2. The maximum absolute atomic E-state index is 12.5. The molecular formula is C19H24N2O3S. The molecule has 2 aromatic rings. The van der Waals surface area contributed by atoms with E-state index < -0.39 is 10.0 Å². The molecule has 25 heavy (non-hydrogen) atoms. The maximum Gasteiger partial charge on any atom is 0.255 e. The Morgan fingerprint density at radius 3 is 2.12 bits per heavy atom. The molecule has 0 saturated carbocycles. The zero-order chi connectivity index (χ0) is 18.6. The van der Waals surface area contributed by atoms with Crippen molar-refractivity contribution < 1.29 is 13.2 Å². The van der Waals surface area contributed by atoms with E-state index in [0.29, 0.717) is 18.7 Å². The largest absolute Gasteiger partial charge is 0.322 e. The second-order valence-corrected chi connectivity index (χ2v) is 7.82. The molecule has 0 atom stereocenters. The molecular weight excluding hydrogens is 336 g/mol. The second kappa shape index (κ2) is 7.80. The molecule has 0 heterocycles. The molecule has 2 aromatic carbocycles. The Bertz CT molecular complexity index is 855. The Labute approximate surface area is 149 Å². The standard InChI is InChI=1S/C19H24N2O3S/c1-5-21(6-2)25(23,24)17-10-8-16(9-11-17)19(22)20-18-12-7-14(3)13-15(18)4/h7-13H,5-6H2,1-4H3,(H,20,22). The van der Waals surface area contributed by atoms with Gasteiger partial charge in [0.25, 0.3) is 5.91 Å². The molecule has 6 heteroatoms. The fourth-order valence-electron chi connectivity index (χ4n) is 2.64. The van der Waals surface area contributed by atoms with E-state index in [-0.39, 0.29) is 10.8 Å². The van der Waals surface area contributed by atoms with Gasteiger partial charge in [0.15, 0.2) is 0 Å². The highest BCUT2D eigenvalue weighted by Crippen LogP contribution is 2.19. The molecule has 5 nitrogen and oxygen atoms in total. The van der Waals surface area contributed by atoms with Crippen LogP contribution in [0, 0.1) is 13.8 Å². The first kappa shape index (κ1) is 19.1. The number of hydrogen-bond acceptors (Lipinski definition) is 3. The van der Waals surface area contributed by atoms with Crippen molar-refractivity contribution in [3.8, 4) is 0 Å². The first-order valence-electron chi connectivity index (χ1n) is 8.28. The molecule has 0 radical (unpaired) electrons. The number of carbonyl (C=O) groups is 1. The lowest BCUT2D eigenvalue weighted by atomic mass is 10.1. The summed E-state index contributed by atoms with van der Waals surface area (Å²) >= 11 is 0. The van der Waals surface area contributed by atoms with E-state index in [1.54, 1.807) is 13.8 Å². The molecule has 0 bridgehead atoms. The minimum absolute atomic E-state index is 0.194. The highest BCUT2D eigenvalue weighted by Gasteiger charge is 2.21. The van der Waals surface area contributed by atoms with Crippen LogP contribution in [-0.2, 0) is 10.0 Å². The van der Waals surface area contributed by atoms with Gasteiger partial charge >= 0.3 is 0 Å². The van der Waals surface area contributed by atoms with Crippen LogP contribution in [0.2, 0.25) is 0 Å². The number of anilines is 1. The quantitative estimate of drug-likeness (QED) is 0.856. The van der Waals surface area contributed by atoms with E-state index in [2.05, 4.69) is 5.32 Å². The van der Waals surface area contributed by atoms with Crippen molar-refractivity contribution in [1.82, 2.24) is 4.31 Å². The Kier molecular flexibility index (Phi) is 5.98. The molecule has 0 aliphatic heterocycles. The van der Waals surface area contributed by atoms with Gasteiger partial charge < -0.3 is 5.32 Å². The summed E-state index contributed by atoms with van der Waals surface area (Å²) in [5.74, 6) is -0.265. The van der Waals surface area contributed by atoms with Gasteiger partial charge in [0, 0.05) is 24.3 Å². The van der Waals surface area contributed by atoms with E-state index in [9.17, 15) is 13.2 Å². The van der Waals surface area contributed by atoms with Gasteiger partial charge in [-0.1, -0.05) is 31.5 Å². The summed E-state index contributed by atoms with van der Waals surface area (Å²) in [5, 5.41) is 2.86. The van der Waals surface area contributed by atoms with Crippen LogP contribution in [-0.4, -0.2) is 31.7 Å². The summed E-state index contributed by atoms with van der Waals surface area (Å²) in [6, 6.07) is 11.8. The van der Waals surface area contributed by atoms with Crippen molar-refractivity contribution in [3.05, 3.63) is 59.2 Å². The third-order valence-corrected chi connectivity index (χ3v) is 6.15. The molecule has 2 rings (SSSR count). The number of aryl methyl sites for hydroxylation is 2. The number of nitrogens with zero attached hydrogens (tertiary/aromatic N) is 1.